The van der Waals surface area contributed by atoms with Gasteiger partial charge >= 0.3 is 5.97 Å². The molecule has 1 unspecified atom stereocenters. The molecule has 1 heterocycles. The van der Waals surface area contributed by atoms with Crippen LogP contribution in [0.5, 0.6) is 11.5 Å². The second kappa shape index (κ2) is 10.2. The highest BCUT2D eigenvalue weighted by atomic mass is 16.5. The Morgan fingerprint density at radius 2 is 1.90 bits per heavy atom. The predicted octanol–water partition coefficient (Wildman–Crippen LogP) is 4.57. The summed E-state index contributed by atoms with van der Waals surface area (Å²) in [5.41, 5.74) is 0.390. The van der Waals surface area contributed by atoms with Crippen molar-refractivity contribution in [3.63, 3.8) is 0 Å². The fraction of sp³-hybridized carbons (Fsp3) is 0.667. The molecule has 0 N–H and O–H groups in total. The van der Waals surface area contributed by atoms with Crippen LogP contribution in [0.15, 0.2) is 18.2 Å². The normalized spacial score (nSPS) is 20.3. The van der Waals surface area contributed by atoms with Crippen molar-refractivity contribution in [2.24, 2.45) is 0 Å². The fourth-order valence-corrected chi connectivity index (χ4v) is 4.51. The van der Waals surface area contributed by atoms with Crippen molar-refractivity contribution in [2.45, 2.75) is 77.0 Å². The van der Waals surface area contributed by atoms with Gasteiger partial charge in [-0.25, -0.2) is 6.57 Å². The number of carbonyl (C=O) groups excluding carboxylic acids is 1. The van der Waals surface area contributed by atoms with Gasteiger partial charge in [-0.2, -0.15) is 0 Å². The molecule has 1 aliphatic carbocycles. The summed E-state index contributed by atoms with van der Waals surface area (Å²) in [5.74, 6) is 1.31. The molecule has 2 aliphatic rings. The van der Waals surface area contributed by atoms with Crippen LogP contribution in [0.1, 0.15) is 64.9 Å². The summed E-state index contributed by atoms with van der Waals surface area (Å²) in [6.45, 7) is 16.0. The van der Waals surface area contributed by atoms with Crippen LogP contribution in [0.2, 0.25) is 0 Å². The molecule has 0 bridgehead atoms. The number of hydrogen-bond acceptors (Lipinski definition) is 5. The molecule has 0 amide bonds. The molecule has 1 atom stereocenters. The molecule has 0 spiro atoms. The first-order chi connectivity index (χ1) is 14.5. The number of likely N-dealkylation sites (tertiary alicyclic amines) is 1. The molecule has 3 rings (SSSR count). The zero-order chi connectivity index (χ0) is 21.6. The lowest BCUT2D eigenvalue weighted by atomic mass is 9.81. The van der Waals surface area contributed by atoms with E-state index in [4.69, 9.17) is 20.8 Å². The first-order valence-electron chi connectivity index (χ1n) is 11.3. The van der Waals surface area contributed by atoms with Gasteiger partial charge in [0, 0.05) is 31.5 Å². The van der Waals surface area contributed by atoms with Crippen LogP contribution >= 0.6 is 0 Å². The van der Waals surface area contributed by atoms with Crippen LogP contribution < -0.4 is 9.47 Å². The van der Waals surface area contributed by atoms with Gasteiger partial charge in [0.1, 0.15) is 6.04 Å². The molecular weight excluding hydrogens is 380 g/mol. The summed E-state index contributed by atoms with van der Waals surface area (Å²) in [4.78, 5) is 18.3. The quantitative estimate of drug-likeness (QED) is 0.461. The summed E-state index contributed by atoms with van der Waals surface area (Å²) in [7, 11) is 0. The summed E-state index contributed by atoms with van der Waals surface area (Å²) < 4.78 is 17.3. The third-order valence-corrected chi connectivity index (χ3v) is 6.39. The van der Waals surface area contributed by atoms with E-state index in [1.807, 2.05) is 39.0 Å². The van der Waals surface area contributed by atoms with Gasteiger partial charge in [-0.15, -0.1) is 0 Å². The zero-order valence-corrected chi connectivity index (χ0v) is 18.5. The Kier molecular flexibility index (Phi) is 7.60. The SMILES string of the molecule is [C-]#[N+]C1(c2ccc(OCC)c(OC3CCCC3)c2)CCN(C(C)C(=O)OCC)CC1. The lowest BCUT2D eigenvalue weighted by Gasteiger charge is -2.36. The van der Waals surface area contributed by atoms with Crippen LogP contribution in [-0.2, 0) is 15.1 Å². The Hall–Kier alpha value is -2.26. The zero-order valence-electron chi connectivity index (χ0n) is 18.5. The van der Waals surface area contributed by atoms with E-state index >= 15 is 0 Å². The van der Waals surface area contributed by atoms with Crippen molar-refractivity contribution < 1.29 is 19.0 Å². The molecule has 0 aromatic heterocycles. The van der Waals surface area contributed by atoms with Gasteiger partial charge in [0.25, 0.3) is 5.54 Å². The summed E-state index contributed by atoms with van der Waals surface area (Å²) >= 11 is 0. The van der Waals surface area contributed by atoms with E-state index in [1.54, 1.807) is 0 Å². The molecule has 2 fully saturated rings. The topological polar surface area (TPSA) is 52.4 Å². The highest BCUT2D eigenvalue weighted by Gasteiger charge is 2.44. The lowest BCUT2D eigenvalue weighted by molar-refractivity contribution is -0.149. The van der Waals surface area contributed by atoms with Crippen molar-refractivity contribution in [3.8, 4) is 11.5 Å². The highest BCUT2D eigenvalue weighted by Crippen LogP contribution is 2.42. The number of carbonyl (C=O) groups is 1. The fourth-order valence-electron chi connectivity index (χ4n) is 4.51. The molecule has 1 saturated carbocycles. The minimum atomic E-state index is -0.594. The van der Waals surface area contributed by atoms with Gasteiger partial charge in [0.15, 0.2) is 11.5 Å². The van der Waals surface area contributed by atoms with E-state index in [9.17, 15) is 4.79 Å². The van der Waals surface area contributed by atoms with Crippen LogP contribution in [0.4, 0.5) is 0 Å². The first kappa shape index (κ1) is 22.4. The van der Waals surface area contributed by atoms with E-state index in [1.165, 1.54) is 12.8 Å². The van der Waals surface area contributed by atoms with Crippen LogP contribution in [0, 0.1) is 6.57 Å². The van der Waals surface area contributed by atoms with Crippen molar-refractivity contribution in [1.29, 1.82) is 0 Å². The highest BCUT2D eigenvalue weighted by molar-refractivity contribution is 5.75. The summed E-state index contributed by atoms with van der Waals surface area (Å²) in [5, 5.41) is 0. The number of piperidine rings is 1. The van der Waals surface area contributed by atoms with E-state index < -0.39 is 5.54 Å². The van der Waals surface area contributed by atoms with Gasteiger partial charge in [-0.1, -0.05) is 0 Å². The van der Waals surface area contributed by atoms with E-state index in [-0.39, 0.29) is 18.1 Å². The standard InChI is InChI=1S/C24H34N2O4/c1-5-28-21-12-11-19(17-22(21)30-20-9-7-8-10-20)24(25-4)13-15-26(16-14-24)18(3)23(27)29-6-2/h11-12,17-18,20H,5-10,13-16H2,1-3H3. The number of hydrogen-bond donors (Lipinski definition) is 0. The molecule has 1 aliphatic heterocycles. The Bertz CT molecular complexity index is 759. The molecule has 1 aromatic rings. The van der Waals surface area contributed by atoms with Gasteiger partial charge in [0.05, 0.1) is 19.3 Å². The minimum Gasteiger partial charge on any atom is -0.490 e. The van der Waals surface area contributed by atoms with Crippen LogP contribution in [0.25, 0.3) is 4.85 Å². The number of rotatable bonds is 8. The average Bonchev–Trinajstić information content (AvgIpc) is 3.28. The van der Waals surface area contributed by atoms with Crippen LogP contribution in [0.3, 0.4) is 0 Å². The minimum absolute atomic E-state index is 0.193. The number of nitrogens with zero attached hydrogens (tertiary/aromatic N) is 2. The van der Waals surface area contributed by atoms with Crippen molar-refractivity contribution in [1.82, 2.24) is 4.90 Å². The van der Waals surface area contributed by atoms with Gasteiger partial charge < -0.3 is 19.1 Å². The molecule has 6 nitrogen and oxygen atoms in total. The van der Waals surface area contributed by atoms with Crippen molar-refractivity contribution in [2.75, 3.05) is 26.3 Å². The third kappa shape index (κ3) is 4.89. The second-order valence-electron chi connectivity index (χ2n) is 8.23. The molecule has 1 saturated heterocycles. The Morgan fingerprint density at radius 3 is 2.50 bits per heavy atom. The molecular formula is C24H34N2O4. The predicted molar refractivity (Wildman–Crippen MR) is 116 cm³/mol. The lowest BCUT2D eigenvalue weighted by Crippen LogP contribution is -2.48. The maximum atomic E-state index is 12.1. The molecule has 164 valence electrons. The molecule has 30 heavy (non-hydrogen) atoms. The van der Waals surface area contributed by atoms with E-state index in [0.29, 0.717) is 39.1 Å². The summed E-state index contributed by atoms with van der Waals surface area (Å²) in [6.07, 6.45) is 6.14. The summed E-state index contributed by atoms with van der Waals surface area (Å²) in [6, 6.07) is 5.69. The second-order valence-corrected chi connectivity index (χ2v) is 8.23. The first-order valence-corrected chi connectivity index (χ1v) is 11.3. The smallest absolute Gasteiger partial charge is 0.323 e. The van der Waals surface area contributed by atoms with Crippen LogP contribution in [-0.4, -0.2) is 49.3 Å². The Balaban J connectivity index is 1.77. The van der Waals surface area contributed by atoms with Gasteiger partial charge in [0.2, 0.25) is 0 Å². The molecule has 1 aromatic carbocycles. The number of benzene rings is 1. The maximum absolute atomic E-state index is 12.1. The largest absolute Gasteiger partial charge is 0.490 e. The van der Waals surface area contributed by atoms with Gasteiger partial charge in [-0.05, 0) is 64.7 Å². The Morgan fingerprint density at radius 1 is 1.20 bits per heavy atom. The average molecular weight is 415 g/mol. The Labute approximate surface area is 180 Å². The molecule has 6 heteroatoms. The monoisotopic (exact) mass is 414 g/mol. The third-order valence-electron chi connectivity index (χ3n) is 6.39. The number of esters is 1. The van der Waals surface area contributed by atoms with E-state index in [0.717, 1.165) is 29.9 Å². The number of ether oxygens (including phenoxy) is 3. The maximum Gasteiger partial charge on any atom is 0.323 e. The molecule has 0 radical (unpaired) electrons. The van der Waals surface area contributed by atoms with Crippen molar-refractivity contribution in [3.05, 3.63) is 35.2 Å². The van der Waals surface area contributed by atoms with Crippen molar-refractivity contribution >= 4 is 5.97 Å². The van der Waals surface area contributed by atoms with Gasteiger partial charge in [-0.3, -0.25) is 9.69 Å². The van der Waals surface area contributed by atoms with E-state index in [2.05, 4.69) is 9.74 Å².